The molecule has 226 valence electrons. The van der Waals surface area contributed by atoms with Crippen molar-refractivity contribution >= 4 is 38.4 Å². The number of rotatable bonds is 3. The van der Waals surface area contributed by atoms with Crippen LogP contribution in [0.1, 0.15) is 45.3 Å². The largest absolute Gasteiger partial charge is 0.343 e. The molecule has 4 atom stereocenters. The molecule has 3 heteroatoms. The number of para-hydroxylation sites is 1. The number of nitrogens with one attached hydrogen (secondary N) is 1. The summed E-state index contributed by atoms with van der Waals surface area (Å²) in [5.74, 6) is 2.48. The van der Waals surface area contributed by atoms with Gasteiger partial charge in [-0.05, 0) is 70.2 Å². The number of fused-ring (bicyclic) bond motifs is 6. The second-order valence-electron chi connectivity index (χ2n) is 14.2. The van der Waals surface area contributed by atoms with E-state index in [1.165, 1.54) is 61.4 Å². The van der Waals surface area contributed by atoms with Crippen molar-refractivity contribution < 1.29 is 0 Å². The second-order valence-corrected chi connectivity index (χ2v) is 14.2. The molecule has 5 aromatic carbocycles. The van der Waals surface area contributed by atoms with Gasteiger partial charge in [0, 0.05) is 33.5 Å². The third-order valence-electron chi connectivity index (χ3n) is 11.1. The maximum absolute atomic E-state index is 5.70. The standard InChI is InChI=1S/C43H39N3/c1-27-12-11-18-34-36(24-27)43(2,3)39-40(34)44-41(30-22-20-29(21-23-30)28-13-5-4-6-14-28)45-42(39)46-37-19-10-9-17-33(37)35-25-31-15-7-8-16-32(31)26-38(35)46/h4-11,13-23,25-27,34,36,42H,12,24H2,1-3H3,(H,44,45). The Morgan fingerprint density at radius 2 is 1.39 bits per heavy atom. The lowest BCUT2D eigenvalue weighted by molar-refractivity contribution is 0.207. The highest BCUT2D eigenvalue weighted by atomic mass is 15.2. The van der Waals surface area contributed by atoms with E-state index in [9.17, 15) is 0 Å². The molecule has 0 fully saturated rings. The monoisotopic (exact) mass is 597 g/mol. The summed E-state index contributed by atoms with van der Waals surface area (Å²) >= 11 is 0. The number of amidine groups is 1. The van der Waals surface area contributed by atoms with E-state index in [2.05, 4.69) is 158 Å². The van der Waals surface area contributed by atoms with Crippen molar-refractivity contribution in [2.24, 2.45) is 28.2 Å². The molecule has 3 nitrogen and oxygen atoms in total. The Kier molecular flexibility index (Phi) is 6.15. The molecule has 0 bridgehead atoms. The maximum Gasteiger partial charge on any atom is 0.152 e. The minimum Gasteiger partial charge on any atom is -0.343 e. The molecule has 6 aromatic rings. The van der Waals surface area contributed by atoms with Gasteiger partial charge in [-0.2, -0.15) is 0 Å². The molecule has 46 heavy (non-hydrogen) atoms. The molecule has 0 radical (unpaired) electrons. The zero-order valence-electron chi connectivity index (χ0n) is 26.7. The van der Waals surface area contributed by atoms with Gasteiger partial charge in [0.2, 0.25) is 0 Å². The highest BCUT2D eigenvalue weighted by molar-refractivity contribution is 6.13. The van der Waals surface area contributed by atoms with Crippen LogP contribution in [-0.4, -0.2) is 10.4 Å². The molecule has 1 aliphatic heterocycles. The number of hydrogen-bond donors (Lipinski definition) is 1. The van der Waals surface area contributed by atoms with Crippen LogP contribution in [0.5, 0.6) is 0 Å². The van der Waals surface area contributed by atoms with E-state index in [0.717, 1.165) is 17.8 Å². The predicted octanol–water partition coefficient (Wildman–Crippen LogP) is 10.7. The van der Waals surface area contributed by atoms with Gasteiger partial charge < -0.3 is 9.88 Å². The lowest BCUT2D eigenvalue weighted by Gasteiger charge is -2.37. The highest BCUT2D eigenvalue weighted by Gasteiger charge is 2.52. The zero-order valence-corrected chi connectivity index (χ0v) is 26.7. The SMILES string of the molecule is CC1CC=CC2C3=C(C(n4c5ccccc5c5cc6ccccc6cc54)N=C(c4ccc(-c5ccccc5)cc4)N3)C(C)(C)C2C1. The van der Waals surface area contributed by atoms with Gasteiger partial charge in [0.1, 0.15) is 5.84 Å². The van der Waals surface area contributed by atoms with Gasteiger partial charge in [0.15, 0.2) is 6.17 Å². The van der Waals surface area contributed by atoms with E-state index in [4.69, 9.17) is 4.99 Å². The summed E-state index contributed by atoms with van der Waals surface area (Å²) in [5.41, 5.74) is 8.81. The smallest absolute Gasteiger partial charge is 0.152 e. The first kappa shape index (κ1) is 27.4. The number of allylic oxidation sites excluding steroid dienone is 2. The quantitative estimate of drug-likeness (QED) is 0.202. The minimum absolute atomic E-state index is 0.0264. The van der Waals surface area contributed by atoms with Crippen LogP contribution in [0.2, 0.25) is 0 Å². The molecule has 1 aromatic heterocycles. The summed E-state index contributed by atoms with van der Waals surface area (Å²) in [6.45, 7) is 7.37. The first-order valence-electron chi connectivity index (χ1n) is 16.8. The van der Waals surface area contributed by atoms with E-state index in [0.29, 0.717) is 17.8 Å². The van der Waals surface area contributed by atoms with Crippen LogP contribution in [0.3, 0.4) is 0 Å². The summed E-state index contributed by atoms with van der Waals surface area (Å²) in [5, 5.41) is 9.08. The van der Waals surface area contributed by atoms with Gasteiger partial charge in [-0.25, -0.2) is 4.99 Å². The Hall–Kier alpha value is -4.89. The number of nitrogens with zero attached hydrogens (tertiary/aromatic N) is 2. The van der Waals surface area contributed by atoms with Crippen LogP contribution in [-0.2, 0) is 0 Å². The Bertz CT molecular complexity index is 2230. The average molecular weight is 598 g/mol. The van der Waals surface area contributed by atoms with Crippen LogP contribution >= 0.6 is 0 Å². The van der Waals surface area contributed by atoms with Crippen molar-refractivity contribution in [1.29, 1.82) is 0 Å². The average Bonchev–Trinajstić information content (AvgIpc) is 3.40. The molecule has 0 saturated heterocycles. The van der Waals surface area contributed by atoms with Crippen molar-refractivity contribution in [2.45, 2.75) is 39.8 Å². The molecular weight excluding hydrogens is 558 g/mol. The molecule has 9 rings (SSSR count). The van der Waals surface area contributed by atoms with E-state index < -0.39 is 0 Å². The fraction of sp³-hybridized carbons (Fsp3) is 0.233. The van der Waals surface area contributed by atoms with Gasteiger partial charge >= 0.3 is 0 Å². The van der Waals surface area contributed by atoms with Crippen LogP contribution in [0.4, 0.5) is 0 Å². The molecular formula is C43H39N3. The van der Waals surface area contributed by atoms with Gasteiger partial charge in [-0.3, -0.25) is 0 Å². The van der Waals surface area contributed by atoms with Crippen molar-refractivity contribution in [3.63, 3.8) is 0 Å². The van der Waals surface area contributed by atoms with Crippen LogP contribution in [0.25, 0.3) is 43.7 Å². The highest BCUT2D eigenvalue weighted by Crippen LogP contribution is 2.59. The number of aliphatic imine (C=N–C) groups is 1. The van der Waals surface area contributed by atoms with Gasteiger partial charge in [0.25, 0.3) is 0 Å². The summed E-state index contributed by atoms with van der Waals surface area (Å²) in [6, 6.07) is 42.0. The van der Waals surface area contributed by atoms with E-state index in [1.54, 1.807) is 0 Å². The first-order valence-corrected chi connectivity index (χ1v) is 16.8. The van der Waals surface area contributed by atoms with Gasteiger partial charge in [-0.1, -0.05) is 130 Å². The Balaban J connectivity index is 1.28. The van der Waals surface area contributed by atoms with Crippen LogP contribution in [0.15, 0.2) is 144 Å². The van der Waals surface area contributed by atoms with E-state index >= 15 is 0 Å². The fourth-order valence-corrected chi connectivity index (χ4v) is 8.74. The van der Waals surface area contributed by atoms with E-state index in [1.807, 2.05) is 0 Å². The third-order valence-corrected chi connectivity index (χ3v) is 11.1. The Morgan fingerprint density at radius 1 is 0.717 bits per heavy atom. The summed E-state index contributed by atoms with van der Waals surface area (Å²) in [7, 11) is 0. The molecule has 0 spiro atoms. The zero-order chi connectivity index (χ0) is 31.0. The van der Waals surface area contributed by atoms with Crippen molar-refractivity contribution in [3.8, 4) is 11.1 Å². The van der Waals surface area contributed by atoms with Gasteiger partial charge in [-0.15, -0.1) is 0 Å². The topological polar surface area (TPSA) is 29.3 Å². The molecule has 3 aliphatic rings. The number of hydrogen-bond acceptors (Lipinski definition) is 2. The molecule has 0 saturated carbocycles. The maximum atomic E-state index is 5.70. The van der Waals surface area contributed by atoms with Crippen LogP contribution < -0.4 is 5.32 Å². The van der Waals surface area contributed by atoms with Crippen LogP contribution in [0, 0.1) is 23.2 Å². The normalized spacial score (nSPS) is 23.7. The summed E-state index contributed by atoms with van der Waals surface area (Å²) in [4.78, 5) is 5.70. The molecule has 0 amide bonds. The number of aromatic nitrogens is 1. The lowest BCUT2D eigenvalue weighted by Crippen LogP contribution is -2.34. The first-order chi connectivity index (χ1) is 22.5. The third kappa shape index (κ3) is 4.14. The summed E-state index contributed by atoms with van der Waals surface area (Å²) < 4.78 is 2.55. The van der Waals surface area contributed by atoms with Gasteiger partial charge in [0.05, 0.1) is 11.0 Å². The van der Waals surface area contributed by atoms with Crippen molar-refractivity contribution in [1.82, 2.24) is 9.88 Å². The molecule has 1 N–H and O–H groups in total. The van der Waals surface area contributed by atoms with Crippen molar-refractivity contribution in [3.05, 3.63) is 144 Å². The summed E-state index contributed by atoms with van der Waals surface area (Å²) in [6.07, 6.45) is 7.14. The predicted molar refractivity (Wildman–Crippen MR) is 193 cm³/mol. The molecule has 2 aliphatic carbocycles. The number of benzene rings is 5. The minimum atomic E-state index is -0.158. The van der Waals surface area contributed by atoms with Crippen molar-refractivity contribution in [2.75, 3.05) is 0 Å². The molecule has 2 heterocycles. The molecule has 4 unspecified atom stereocenters. The Labute approximate surface area is 271 Å². The lowest BCUT2D eigenvalue weighted by atomic mass is 9.70. The Morgan fingerprint density at radius 3 is 2.20 bits per heavy atom. The second kappa shape index (κ2) is 10.3. The van der Waals surface area contributed by atoms with E-state index in [-0.39, 0.29) is 11.6 Å². The fourth-order valence-electron chi connectivity index (χ4n) is 8.74.